The minimum absolute atomic E-state index is 0.0157. The molecule has 0 aromatic heterocycles. The predicted molar refractivity (Wildman–Crippen MR) is 104 cm³/mol. The van der Waals surface area contributed by atoms with Crippen LogP contribution in [0.4, 0.5) is 4.79 Å². The normalized spacial score (nSPS) is 15.1. The number of benzene rings is 1. The fourth-order valence-electron chi connectivity index (χ4n) is 2.98. The standard InChI is InChI=1S/C20H32N4O2/c1-17(2)7-6-10-21-20(26)24-13-11-23(12-14-24)16-19(25)22-15-18-8-4-3-5-9-18/h3-5,8-9,17H,6-7,10-16H2,1-2H3,(H,21,26)(H,22,25). The number of nitrogens with zero attached hydrogens (tertiary/aromatic N) is 2. The average molecular weight is 361 g/mol. The first-order chi connectivity index (χ1) is 12.5. The third-order valence-electron chi connectivity index (χ3n) is 4.59. The third-order valence-corrected chi connectivity index (χ3v) is 4.59. The topological polar surface area (TPSA) is 64.7 Å². The lowest BCUT2D eigenvalue weighted by Gasteiger charge is -2.34. The number of carbonyl (C=O) groups excluding carboxylic acids is 2. The van der Waals surface area contributed by atoms with Crippen LogP contribution < -0.4 is 10.6 Å². The Hall–Kier alpha value is -2.08. The van der Waals surface area contributed by atoms with Crippen LogP contribution in [0.3, 0.4) is 0 Å². The number of rotatable bonds is 8. The Morgan fingerprint density at radius 2 is 1.73 bits per heavy atom. The molecule has 0 bridgehead atoms. The zero-order chi connectivity index (χ0) is 18.8. The van der Waals surface area contributed by atoms with Gasteiger partial charge in [-0.2, -0.15) is 0 Å². The second-order valence-electron chi connectivity index (χ2n) is 7.29. The Kier molecular flexibility index (Phi) is 8.41. The van der Waals surface area contributed by atoms with Crippen molar-refractivity contribution in [3.63, 3.8) is 0 Å². The van der Waals surface area contributed by atoms with Crippen molar-refractivity contribution in [2.75, 3.05) is 39.3 Å². The third kappa shape index (κ3) is 7.44. The second-order valence-corrected chi connectivity index (χ2v) is 7.29. The molecule has 6 heteroatoms. The first kappa shape index (κ1) is 20.2. The molecule has 144 valence electrons. The molecule has 1 heterocycles. The SMILES string of the molecule is CC(C)CCCNC(=O)N1CCN(CC(=O)NCc2ccccc2)CC1. The summed E-state index contributed by atoms with van der Waals surface area (Å²) in [6.07, 6.45) is 2.15. The molecule has 6 nitrogen and oxygen atoms in total. The van der Waals surface area contributed by atoms with Gasteiger partial charge in [0.25, 0.3) is 0 Å². The fraction of sp³-hybridized carbons (Fsp3) is 0.600. The van der Waals surface area contributed by atoms with E-state index in [1.165, 1.54) is 0 Å². The lowest BCUT2D eigenvalue weighted by Crippen LogP contribution is -2.53. The quantitative estimate of drug-likeness (QED) is 0.698. The predicted octanol–water partition coefficient (Wildman–Crippen LogP) is 2.07. The van der Waals surface area contributed by atoms with E-state index in [-0.39, 0.29) is 11.9 Å². The van der Waals surface area contributed by atoms with Gasteiger partial charge in [0, 0.05) is 39.3 Å². The van der Waals surface area contributed by atoms with Crippen molar-refractivity contribution >= 4 is 11.9 Å². The van der Waals surface area contributed by atoms with E-state index in [1.807, 2.05) is 35.2 Å². The number of urea groups is 1. The van der Waals surface area contributed by atoms with E-state index >= 15 is 0 Å². The van der Waals surface area contributed by atoms with Crippen LogP contribution in [0.15, 0.2) is 30.3 Å². The van der Waals surface area contributed by atoms with Gasteiger partial charge in [0.15, 0.2) is 0 Å². The Balaban J connectivity index is 1.60. The van der Waals surface area contributed by atoms with Crippen molar-refractivity contribution in [2.45, 2.75) is 33.2 Å². The van der Waals surface area contributed by atoms with Crippen molar-refractivity contribution in [1.82, 2.24) is 20.4 Å². The number of carbonyl (C=O) groups is 2. The van der Waals surface area contributed by atoms with Crippen LogP contribution in [-0.2, 0) is 11.3 Å². The summed E-state index contributed by atoms with van der Waals surface area (Å²) < 4.78 is 0. The molecule has 0 aliphatic carbocycles. The van der Waals surface area contributed by atoms with E-state index in [9.17, 15) is 9.59 Å². The molecular weight excluding hydrogens is 328 g/mol. The smallest absolute Gasteiger partial charge is 0.317 e. The Morgan fingerprint density at radius 3 is 2.38 bits per heavy atom. The summed E-state index contributed by atoms with van der Waals surface area (Å²) in [7, 11) is 0. The highest BCUT2D eigenvalue weighted by molar-refractivity contribution is 5.78. The van der Waals surface area contributed by atoms with Gasteiger partial charge in [-0.15, -0.1) is 0 Å². The minimum atomic E-state index is 0.0157. The maximum atomic E-state index is 12.1. The van der Waals surface area contributed by atoms with Gasteiger partial charge in [-0.3, -0.25) is 9.69 Å². The molecule has 1 saturated heterocycles. The summed E-state index contributed by atoms with van der Waals surface area (Å²) in [6.45, 7) is 8.86. The van der Waals surface area contributed by atoms with Crippen molar-refractivity contribution in [3.8, 4) is 0 Å². The van der Waals surface area contributed by atoms with E-state index in [2.05, 4.69) is 29.4 Å². The van der Waals surface area contributed by atoms with Gasteiger partial charge in [-0.25, -0.2) is 4.79 Å². The van der Waals surface area contributed by atoms with Crippen molar-refractivity contribution in [2.24, 2.45) is 5.92 Å². The van der Waals surface area contributed by atoms with Crippen molar-refractivity contribution < 1.29 is 9.59 Å². The van der Waals surface area contributed by atoms with E-state index in [1.54, 1.807) is 0 Å². The molecule has 2 N–H and O–H groups in total. The van der Waals surface area contributed by atoms with E-state index in [4.69, 9.17) is 0 Å². The Labute approximate surface area is 156 Å². The lowest BCUT2D eigenvalue weighted by molar-refractivity contribution is -0.122. The van der Waals surface area contributed by atoms with Gasteiger partial charge in [0.05, 0.1) is 6.54 Å². The first-order valence-corrected chi connectivity index (χ1v) is 9.60. The molecular formula is C20H32N4O2. The molecule has 3 amide bonds. The van der Waals surface area contributed by atoms with Gasteiger partial charge in [-0.05, 0) is 24.3 Å². The molecule has 1 aliphatic heterocycles. The van der Waals surface area contributed by atoms with E-state index < -0.39 is 0 Å². The van der Waals surface area contributed by atoms with Crippen LogP contribution in [0.2, 0.25) is 0 Å². The molecule has 1 aliphatic rings. The zero-order valence-electron chi connectivity index (χ0n) is 16.0. The second kappa shape index (κ2) is 10.8. The summed E-state index contributed by atoms with van der Waals surface area (Å²) in [5, 5.41) is 5.94. The van der Waals surface area contributed by atoms with Crippen LogP contribution in [0.1, 0.15) is 32.3 Å². The highest BCUT2D eigenvalue weighted by Gasteiger charge is 2.22. The van der Waals surface area contributed by atoms with Gasteiger partial charge >= 0.3 is 6.03 Å². The highest BCUT2D eigenvalue weighted by atomic mass is 16.2. The Bertz CT molecular complexity index is 554. The maximum Gasteiger partial charge on any atom is 0.317 e. The fourth-order valence-corrected chi connectivity index (χ4v) is 2.98. The molecule has 0 unspecified atom stereocenters. The van der Waals surface area contributed by atoms with Crippen LogP contribution in [0.5, 0.6) is 0 Å². The van der Waals surface area contributed by atoms with Gasteiger partial charge in [0.2, 0.25) is 5.91 Å². The van der Waals surface area contributed by atoms with Crippen molar-refractivity contribution in [3.05, 3.63) is 35.9 Å². The molecule has 26 heavy (non-hydrogen) atoms. The lowest BCUT2D eigenvalue weighted by atomic mass is 10.1. The van der Waals surface area contributed by atoms with Crippen molar-refractivity contribution in [1.29, 1.82) is 0 Å². The number of nitrogens with one attached hydrogen (secondary N) is 2. The van der Waals surface area contributed by atoms with Gasteiger partial charge in [-0.1, -0.05) is 44.2 Å². The van der Waals surface area contributed by atoms with Gasteiger partial charge in [0.1, 0.15) is 0 Å². The molecule has 0 spiro atoms. The maximum absolute atomic E-state index is 12.1. The monoisotopic (exact) mass is 360 g/mol. The number of hydrogen-bond acceptors (Lipinski definition) is 3. The molecule has 1 aromatic rings. The van der Waals surface area contributed by atoms with Crippen LogP contribution >= 0.6 is 0 Å². The van der Waals surface area contributed by atoms with Crippen LogP contribution in [0, 0.1) is 5.92 Å². The summed E-state index contributed by atoms with van der Waals surface area (Å²) >= 11 is 0. The number of amides is 3. The summed E-state index contributed by atoms with van der Waals surface area (Å²) in [5.74, 6) is 0.698. The zero-order valence-corrected chi connectivity index (χ0v) is 16.0. The number of hydrogen-bond donors (Lipinski definition) is 2. The van der Waals surface area contributed by atoms with E-state index in [0.29, 0.717) is 32.1 Å². The molecule has 1 aromatic carbocycles. The highest BCUT2D eigenvalue weighted by Crippen LogP contribution is 2.04. The molecule has 1 fully saturated rings. The van der Waals surface area contributed by atoms with Crippen LogP contribution in [-0.4, -0.2) is 61.0 Å². The Morgan fingerprint density at radius 1 is 1.04 bits per heavy atom. The molecule has 0 saturated carbocycles. The largest absolute Gasteiger partial charge is 0.351 e. The first-order valence-electron chi connectivity index (χ1n) is 9.60. The minimum Gasteiger partial charge on any atom is -0.351 e. The molecule has 0 radical (unpaired) electrons. The van der Waals surface area contributed by atoms with E-state index in [0.717, 1.165) is 38.0 Å². The van der Waals surface area contributed by atoms with Gasteiger partial charge < -0.3 is 15.5 Å². The number of piperazine rings is 1. The summed E-state index contributed by atoms with van der Waals surface area (Å²) in [6, 6.07) is 9.91. The summed E-state index contributed by atoms with van der Waals surface area (Å²) in [4.78, 5) is 28.2. The van der Waals surface area contributed by atoms with Crippen LogP contribution in [0.25, 0.3) is 0 Å². The summed E-state index contributed by atoms with van der Waals surface area (Å²) in [5.41, 5.74) is 1.10. The average Bonchev–Trinajstić information content (AvgIpc) is 2.65. The molecule has 2 rings (SSSR count). The molecule has 0 atom stereocenters.